The summed E-state index contributed by atoms with van der Waals surface area (Å²) in [6, 6.07) is -1.17. The number of rotatable bonds is 7. The largest absolute Gasteiger partial charge is 0.458 e. The Balaban J connectivity index is 5.00. The summed E-state index contributed by atoms with van der Waals surface area (Å²) < 4.78 is 103. The zero-order valence-electron chi connectivity index (χ0n) is 10.2. The van der Waals surface area contributed by atoms with Crippen molar-refractivity contribution in [1.29, 1.82) is 0 Å². The number of nitrogens with one attached hydrogen (secondary N) is 1. The molecule has 1 atom stereocenters. The fraction of sp³-hybridized carbons (Fsp3) is 0.889. The summed E-state index contributed by atoms with van der Waals surface area (Å²) >= 11 is 0. The number of likely N-dealkylation sites (N-methyl/N-ethyl adjacent to an activating group) is 1. The van der Waals surface area contributed by atoms with Crippen molar-refractivity contribution in [2.24, 2.45) is 0 Å². The van der Waals surface area contributed by atoms with E-state index in [1.54, 1.807) is 0 Å². The van der Waals surface area contributed by atoms with Crippen molar-refractivity contribution < 1.29 is 44.7 Å². The molecule has 0 aliphatic heterocycles. The molecule has 1 N–H and O–H groups in total. The van der Waals surface area contributed by atoms with E-state index in [0.717, 1.165) is 6.92 Å². The van der Waals surface area contributed by atoms with E-state index in [4.69, 9.17) is 0 Å². The van der Waals surface area contributed by atoms with Crippen molar-refractivity contribution in [3.8, 4) is 0 Å². The Kier molecular flexibility index (Phi) is 5.76. The Morgan fingerprint density at radius 2 is 1.60 bits per heavy atom. The molecular formula is C9H11F8NO2. The highest BCUT2D eigenvalue weighted by Crippen LogP contribution is 2.48. The van der Waals surface area contributed by atoms with E-state index in [2.05, 4.69) is 10.1 Å². The van der Waals surface area contributed by atoms with E-state index < -0.39 is 42.8 Å². The molecule has 0 aromatic carbocycles. The van der Waals surface area contributed by atoms with E-state index in [0.29, 0.717) is 0 Å². The Morgan fingerprint density at radius 3 is 1.95 bits per heavy atom. The van der Waals surface area contributed by atoms with Gasteiger partial charge in [-0.05, 0) is 14.0 Å². The fourth-order valence-electron chi connectivity index (χ4n) is 0.876. The molecule has 0 heterocycles. The summed E-state index contributed by atoms with van der Waals surface area (Å²) in [6.07, 6.45) is -5.00. The van der Waals surface area contributed by atoms with Crippen LogP contribution in [0, 0.1) is 0 Å². The molecule has 0 aromatic rings. The molecule has 0 aliphatic rings. The average Bonchev–Trinajstić information content (AvgIpc) is 2.34. The van der Waals surface area contributed by atoms with Gasteiger partial charge >= 0.3 is 30.2 Å². The molecule has 0 aliphatic carbocycles. The molecule has 0 bridgehead atoms. The van der Waals surface area contributed by atoms with Crippen molar-refractivity contribution in [2.45, 2.75) is 37.2 Å². The van der Waals surface area contributed by atoms with Crippen LogP contribution >= 0.6 is 0 Å². The first kappa shape index (κ1) is 18.9. The van der Waals surface area contributed by atoms with Crippen LogP contribution in [0.1, 0.15) is 6.92 Å². The van der Waals surface area contributed by atoms with Gasteiger partial charge in [-0.1, -0.05) is 0 Å². The van der Waals surface area contributed by atoms with Crippen LogP contribution in [0.2, 0.25) is 0 Å². The number of hydrogen-bond acceptors (Lipinski definition) is 3. The first-order valence-corrected chi connectivity index (χ1v) is 5.06. The first-order valence-electron chi connectivity index (χ1n) is 5.06. The van der Waals surface area contributed by atoms with Crippen LogP contribution in [0.5, 0.6) is 0 Å². The Bertz CT molecular complexity index is 347. The Morgan fingerprint density at radius 1 is 1.15 bits per heavy atom. The van der Waals surface area contributed by atoms with Crippen molar-refractivity contribution >= 4 is 5.97 Å². The number of carbonyl (C=O) groups is 1. The van der Waals surface area contributed by atoms with Gasteiger partial charge in [-0.2, -0.15) is 26.3 Å². The Hall–Kier alpha value is -1.13. The summed E-state index contributed by atoms with van der Waals surface area (Å²) in [5.41, 5.74) is 0. The highest BCUT2D eigenvalue weighted by molar-refractivity contribution is 5.75. The van der Waals surface area contributed by atoms with Crippen molar-refractivity contribution in [3.05, 3.63) is 0 Å². The van der Waals surface area contributed by atoms with Gasteiger partial charge in [0.05, 0.1) is 0 Å². The standard InChI is InChI=1S/C9H11F8NO2/c1-4(18-2)5(19)20-3-7(12,13)9(16,17)8(14,15)6(10)11/h4,6,18H,3H2,1-2H3. The number of hydrogen-bond donors (Lipinski definition) is 1. The first-order chi connectivity index (χ1) is 8.81. The summed E-state index contributed by atoms with van der Waals surface area (Å²) in [5, 5.41) is 2.21. The van der Waals surface area contributed by atoms with Gasteiger partial charge in [0.15, 0.2) is 6.61 Å². The van der Waals surface area contributed by atoms with Gasteiger partial charge < -0.3 is 10.1 Å². The van der Waals surface area contributed by atoms with Gasteiger partial charge in [0, 0.05) is 0 Å². The molecule has 0 saturated heterocycles. The lowest BCUT2D eigenvalue weighted by Crippen LogP contribution is -2.59. The van der Waals surface area contributed by atoms with Gasteiger partial charge in [0.2, 0.25) is 0 Å². The summed E-state index contributed by atoms with van der Waals surface area (Å²) in [7, 11) is 1.21. The lowest BCUT2D eigenvalue weighted by Gasteiger charge is -2.31. The molecular weight excluding hydrogens is 306 g/mol. The summed E-state index contributed by atoms with van der Waals surface area (Å²) in [5.74, 6) is -19.7. The molecule has 1 unspecified atom stereocenters. The van der Waals surface area contributed by atoms with Crippen LogP contribution in [0.25, 0.3) is 0 Å². The predicted molar refractivity (Wildman–Crippen MR) is 50.3 cm³/mol. The minimum Gasteiger partial charge on any atom is -0.458 e. The summed E-state index contributed by atoms with van der Waals surface area (Å²) in [6.45, 7) is -1.33. The van der Waals surface area contributed by atoms with E-state index in [9.17, 15) is 39.9 Å². The number of alkyl halides is 8. The van der Waals surface area contributed by atoms with E-state index in [1.807, 2.05) is 0 Å². The van der Waals surface area contributed by atoms with Crippen molar-refractivity contribution in [2.75, 3.05) is 13.7 Å². The molecule has 0 saturated carbocycles. The molecule has 0 amide bonds. The third-order valence-corrected chi connectivity index (χ3v) is 2.33. The fourth-order valence-corrected chi connectivity index (χ4v) is 0.876. The number of esters is 1. The lowest BCUT2D eigenvalue weighted by atomic mass is 10.1. The average molecular weight is 317 g/mol. The topological polar surface area (TPSA) is 38.3 Å². The van der Waals surface area contributed by atoms with E-state index in [1.165, 1.54) is 7.05 Å². The number of halogens is 8. The van der Waals surface area contributed by atoms with E-state index in [-0.39, 0.29) is 0 Å². The van der Waals surface area contributed by atoms with Crippen molar-refractivity contribution in [3.63, 3.8) is 0 Å². The third kappa shape index (κ3) is 3.49. The molecule has 0 spiro atoms. The molecule has 20 heavy (non-hydrogen) atoms. The minimum atomic E-state index is -6.38. The molecule has 0 fully saturated rings. The number of carbonyl (C=O) groups excluding carboxylic acids is 1. The second-order valence-electron chi connectivity index (χ2n) is 3.82. The van der Waals surface area contributed by atoms with Crippen LogP contribution < -0.4 is 5.32 Å². The molecule has 120 valence electrons. The van der Waals surface area contributed by atoms with Crippen molar-refractivity contribution in [1.82, 2.24) is 5.32 Å². The maximum absolute atomic E-state index is 12.9. The smallest absolute Gasteiger partial charge is 0.381 e. The normalized spacial score (nSPS) is 15.3. The van der Waals surface area contributed by atoms with Crippen LogP contribution in [-0.2, 0) is 9.53 Å². The lowest BCUT2D eigenvalue weighted by molar-refractivity contribution is -0.344. The monoisotopic (exact) mass is 317 g/mol. The van der Waals surface area contributed by atoms with Crippen LogP contribution in [0.15, 0.2) is 0 Å². The molecule has 0 rings (SSSR count). The van der Waals surface area contributed by atoms with Gasteiger partial charge in [-0.3, -0.25) is 4.79 Å². The highest BCUT2D eigenvalue weighted by Gasteiger charge is 2.75. The number of ether oxygens (including phenoxy) is 1. The maximum atomic E-state index is 12.9. The SMILES string of the molecule is CNC(C)C(=O)OCC(F)(F)C(F)(F)C(F)(F)C(F)F. The minimum absolute atomic E-state index is 1.12. The molecule has 3 nitrogen and oxygen atoms in total. The predicted octanol–water partition coefficient (Wildman–Crippen LogP) is 2.31. The van der Waals surface area contributed by atoms with Crippen LogP contribution in [0.4, 0.5) is 35.1 Å². The Labute approximate surface area is 108 Å². The molecule has 0 aromatic heterocycles. The molecule has 11 heteroatoms. The second-order valence-corrected chi connectivity index (χ2v) is 3.82. The van der Waals surface area contributed by atoms with E-state index >= 15 is 0 Å². The van der Waals surface area contributed by atoms with Crippen LogP contribution in [0.3, 0.4) is 0 Å². The van der Waals surface area contributed by atoms with Gasteiger partial charge in [-0.25, -0.2) is 8.78 Å². The van der Waals surface area contributed by atoms with Gasteiger partial charge in [0.1, 0.15) is 6.04 Å². The molecule has 0 radical (unpaired) electrons. The van der Waals surface area contributed by atoms with Gasteiger partial charge in [-0.15, -0.1) is 0 Å². The second kappa shape index (κ2) is 6.10. The third-order valence-electron chi connectivity index (χ3n) is 2.33. The highest BCUT2D eigenvalue weighted by atomic mass is 19.4. The maximum Gasteiger partial charge on any atom is 0.381 e. The van der Waals surface area contributed by atoms with Crippen LogP contribution in [-0.4, -0.2) is 49.9 Å². The zero-order valence-corrected chi connectivity index (χ0v) is 10.2. The summed E-state index contributed by atoms with van der Waals surface area (Å²) in [4.78, 5) is 10.9. The van der Waals surface area contributed by atoms with Gasteiger partial charge in [0.25, 0.3) is 0 Å². The quantitative estimate of drug-likeness (QED) is 0.578. The zero-order chi connectivity index (χ0) is 16.4.